The van der Waals surface area contributed by atoms with Crippen molar-refractivity contribution in [3.8, 4) is 0 Å². The van der Waals surface area contributed by atoms with Crippen LogP contribution in [0, 0.1) is 5.92 Å². The molecule has 4 rings (SSSR count). The number of benzene rings is 2. The lowest BCUT2D eigenvalue weighted by Gasteiger charge is -2.23. The van der Waals surface area contributed by atoms with Crippen molar-refractivity contribution >= 4 is 22.6 Å². The molecular formula is C20H21NO4. The van der Waals surface area contributed by atoms with E-state index in [1.54, 1.807) is 0 Å². The molecule has 0 aromatic heterocycles. The Balaban J connectivity index is 1.56. The summed E-state index contributed by atoms with van der Waals surface area (Å²) < 4.78 is 5.75. The number of carbonyl (C=O) groups excluding carboxylic acids is 1. The maximum atomic E-state index is 12.7. The first-order valence-corrected chi connectivity index (χ1v) is 8.76. The van der Waals surface area contributed by atoms with E-state index in [-0.39, 0.29) is 30.5 Å². The number of aliphatic carboxylic acids is 1. The molecule has 1 amide bonds. The van der Waals surface area contributed by atoms with E-state index in [1.165, 1.54) is 0 Å². The Bertz CT molecular complexity index is 818. The second-order valence-electron chi connectivity index (χ2n) is 6.98. The highest BCUT2D eigenvalue weighted by Crippen LogP contribution is 2.39. The molecule has 2 N–H and O–H groups in total. The van der Waals surface area contributed by atoms with Crippen LogP contribution in [0.15, 0.2) is 42.5 Å². The van der Waals surface area contributed by atoms with Crippen molar-refractivity contribution in [1.29, 1.82) is 0 Å². The van der Waals surface area contributed by atoms with Crippen LogP contribution in [0.1, 0.15) is 37.3 Å². The van der Waals surface area contributed by atoms with Crippen LogP contribution in [0.3, 0.4) is 0 Å². The molecule has 2 aromatic carbocycles. The molecule has 0 saturated carbocycles. The molecule has 2 fully saturated rings. The van der Waals surface area contributed by atoms with Gasteiger partial charge in [-0.05, 0) is 41.7 Å². The second kappa shape index (κ2) is 6.48. The van der Waals surface area contributed by atoms with Gasteiger partial charge in [0.2, 0.25) is 5.91 Å². The normalized spacial score (nSPS) is 25.8. The average Bonchev–Trinajstić information content (AvgIpc) is 3.23. The molecule has 2 heterocycles. The molecule has 2 saturated heterocycles. The number of hydrogen-bond donors (Lipinski definition) is 2. The number of ether oxygens (including phenoxy) is 1. The van der Waals surface area contributed by atoms with E-state index in [1.807, 2.05) is 42.5 Å². The molecule has 3 unspecified atom stereocenters. The van der Waals surface area contributed by atoms with Crippen molar-refractivity contribution in [2.75, 3.05) is 0 Å². The monoisotopic (exact) mass is 339 g/mol. The van der Waals surface area contributed by atoms with Gasteiger partial charge >= 0.3 is 5.97 Å². The Labute approximate surface area is 146 Å². The highest BCUT2D eigenvalue weighted by atomic mass is 16.5. The zero-order valence-electron chi connectivity index (χ0n) is 13.9. The van der Waals surface area contributed by atoms with Gasteiger partial charge in [0.25, 0.3) is 0 Å². The Morgan fingerprint density at radius 3 is 2.64 bits per heavy atom. The number of fused-ring (bicyclic) bond motifs is 3. The minimum Gasteiger partial charge on any atom is -0.481 e. The van der Waals surface area contributed by atoms with Crippen LogP contribution in [0.2, 0.25) is 0 Å². The first-order valence-electron chi connectivity index (χ1n) is 8.76. The van der Waals surface area contributed by atoms with Gasteiger partial charge in [-0.2, -0.15) is 0 Å². The van der Waals surface area contributed by atoms with Crippen molar-refractivity contribution < 1.29 is 19.4 Å². The lowest BCUT2D eigenvalue weighted by molar-refractivity contribution is -0.138. The number of nitrogens with one attached hydrogen (secondary N) is 1. The maximum absolute atomic E-state index is 12.7. The van der Waals surface area contributed by atoms with Crippen molar-refractivity contribution in [3.05, 3.63) is 48.0 Å². The van der Waals surface area contributed by atoms with E-state index in [9.17, 15) is 14.7 Å². The number of amides is 1. The lowest BCUT2D eigenvalue weighted by Crippen LogP contribution is -2.38. The van der Waals surface area contributed by atoms with E-state index < -0.39 is 12.0 Å². The Morgan fingerprint density at radius 1 is 1.16 bits per heavy atom. The third-order valence-electron chi connectivity index (χ3n) is 5.31. The quantitative estimate of drug-likeness (QED) is 0.878. The van der Waals surface area contributed by atoms with Gasteiger partial charge < -0.3 is 15.2 Å². The molecule has 0 spiro atoms. The van der Waals surface area contributed by atoms with Crippen molar-refractivity contribution in [3.63, 3.8) is 0 Å². The number of carboxylic acids is 1. The van der Waals surface area contributed by atoms with Crippen LogP contribution in [-0.4, -0.2) is 29.2 Å². The van der Waals surface area contributed by atoms with E-state index in [2.05, 4.69) is 5.32 Å². The van der Waals surface area contributed by atoms with Crippen LogP contribution in [-0.2, 0) is 14.3 Å². The fourth-order valence-electron chi connectivity index (χ4n) is 4.04. The molecule has 4 atom stereocenters. The molecule has 5 heteroatoms. The summed E-state index contributed by atoms with van der Waals surface area (Å²) >= 11 is 0. The van der Waals surface area contributed by atoms with Gasteiger partial charge in [-0.25, -0.2) is 0 Å². The molecule has 2 aromatic rings. The standard InChI is InChI=1S/C20H21NO4/c22-19(23)11-17(14-6-5-12-3-1-2-4-13(12)9-14)21-20(24)16-10-15-7-8-18(16)25-15/h1-6,9,15-18H,7-8,10-11H2,(H,21,24)(H,22,23)/t15?,16?,17-,18?/m0/s1. The minimum atomic E-state index is -0.928. The molecule has 0 aliphatic carbocycles. The zero-order valence-corrected chi connectivity index (χ0v) is 13.9. The number of carbonyl (C=O) groups is 2. The van der Waals surface area contributed by atoms with Crippen molar-refractivity contribution in [2.24, 2.45) is 5.92 Å². The smallest absolute Gasteiger partial charge is 0.305 e. The van der Waals surface area contributed by atoms with Crippen LogP contribution in [0.4, 0.5) is 0 Å². The fraction of sp³-hybridized carbons (Fsp3) is 0.400. The van der Waals surface area contributed by atoms with Crippen LogP contribution >= 0.6 is 0 Å². The molecule has 2 aliphatic rings. The highest BCUT2D eigenvalue weighted by Gasteiger charge is 2.44. The summed E-state index contributed by atoms with van der Waals surface area (Å²) in [7, 11) is 0. The summed E-state index contributed by atoms with van der Waals surface area (Å²) in [4.78, 5) is 24.0. The van der Waals surface area contributed by atoms with Gasteiger partial charge in [-0.1, -0.05) is 36.4 Å². The van der Waals surface area contributed by atoms with Crippen LogP contribution < -0.4 is 5.32 Å². The van der Waals surface area contributed by atoms with Crippen LogP contribution in [0.25, 0.3) is 10.8 Å². The molecular weight excluding hydrogens is 318 g/mol. The van der Waals surface area contributed by atoms with Crippen molar-refractivity contribution in [1.82, 2.24) is 5.32 Å². The predicted molar refractivity (Wildman–Crippen MR) is 93.1 cm³/mol. The Morgan fingerprint density at radius 2 is 1.96 bits per heavy atom. The second-order valence-corrected chi connectivity index (χ2v) is 6.98. The summed E-state index contributed by atoms with van der Waals surface area (Å²) in [6, 6.07) is 13.2. The van der Waals surface area contributed by atoms with E-state index in [4.69, 9.17) is 4.74 Å². The summed E-state index contributed by atoms with van der Waals surface area (Å²) in [5, 5.41) is 14.3. The minimum absolute atomic E-state index is 0.00733. The number of carboxylic acid groups (broad SMARTS) is 1. The predicted octanol–water partition coefficient (Wildman–Crippen LogP) is 3.04. The van der Waals surface area contributed by atoms with Gasteiger partial charge in [0.15, 0.2) is 0 Å². The summed E-state index contributed by atoms with van der Waals surface area (Å²) in [6.07, 6.45) is 2.74. The highest BCUT2D eigenvalue weighted by molar-refractivity contribution is 5.84. The first kappa shape index (κ1) is 16.1. The molecule has 5 nitrogen and oxygen atoms in total. The molecule has 0 radical (unpaired) electrons. The topological polar surface area (TPSA) is 75.6 Å². The van der Waals surface area contributed by atoms with Gasteiger partial charge in [0.05, 0.1) is 30.6 Å². The van der Waals surface area contributed by atoms with E-state index >= 15 is 0 Å². The number of hydrogen-bond acceptors (Lipinski definition) is 3. The zero-order chi connectivity index (χ0) is 17.4. The fourth-order valence-corrected chi connectivity index (χ4v) is 4.04. The summed E-state index contributed by atoms with van der Waals surface area (Å²) in [5.74, 6) is -1.18. The van der Waals surface area contributed by atoms with E-state index in [0.29, 0.717) is 0 Å². The van der Waals surface area contributed by atoms with Gasteiger partial charge in [0, 0.05) is 0 Å². The lowest BCUT2D eigenvalue weighted by atomic mass is 9.88. The molecule has 130 valence electrons. The Hall–Kier alpha value is -2.40. The average molecular weight is 339 g/mol. The Kier molecular flexibility index (Phi) is 4.17. The largest absolute Gasteiger partial charge is 0.481 e. The maximum Gasteiger partial charge on any atom is 0.305 e. The third kappa shape index (κ3) is 3.24. The van der Waals surface area contributed by atoms with Gasteiger partial charge in [-0.15, -0.1) is 0 Å². The van der Waals surface area contributed by atoms with Crippen molar-refractivity contribution in [2.45, 2.75) is 43.9 Å². The van der Waals surface area contributed by atoms with E-state index in [0.717, 1.165) is 35.6 Å². The van der Waals surface area contributed by atoms with Gasteiger partial charge in [-0.3, -0.25) is 9.59 Å². The molecule has 2 aliphatic heterocycles. The SMILES string of the molecule is O=C(O)C[C@H](NC(=O)C1CC2CCC1O2)c1ccc2ccccc2c1. The first-order chi connectivity index (χ1) is 12.1. The van der Waals surface area contributed by atoms with Crippen LogP contribution in [0.5, 0.6) is 0 Å². The third-order valence-corrected chi connectivity index (χ3v) is 5.31. The van der Waals surface area contributed by atoms with Gasteiger partial charge in [0.1, 0.15) is 0 Å². The summed E-state index contributed by atoms with van der Waals surface area (Å²) in [6.45, 7) is 0. The molecule has 25 heavy (non-hydrogen) atoms. The number of rotatable bonds is 5. The summed E-state index contributed by atoms with van der Waals surface area (Å²) in [5.41, 5.74) is 0.818. The molecule has 2 bridgehead atoms.